The van der Waals surface area contributed by atoms with Crippen LogP contribution in [-0.2, 0) is 9.59 Å². The molecule has 9 heteroatoms. The number of nitrogens with one attached hydrogen (secondary N) is 1. The molecule has 126 valence electrons. The smallest absolute Gasteiger partial charge is 0.252 e. The lowest BCUT2D eigenvalue weighted by molar-refractivity contribution is -0.128. The second-order valence-corrected chi connectivity index (χ2v) is 5.95. The van der Waals surface area contributed by atoms with Gasteiger partial charge in [0.25, 0.3) is 5.91 Å². The molecule has 5 N–H and O–H groups in total. The van der Waals surface area contributed by atoms with Crippen LogP contribution in [0.5, 0.6) is 0 Å². The zero-order chi connectivity index (χ0) is 18.0. The quantitative estimate of drug-likeness (QED) is 0.630. The van der Waals surface area contributed by atoms with Crippen molar-refractivity contribution >= 4 is 33.7 Å². The number of aryl methyl sites for hydroxylation is 1. The number of hydrogen-bond donors (Lipinski definition) is 3. The van der Waals surface area contributed by atoms with E-state index in [1.165, 1.54) is 0 Å². The Bertz CT molecular complexity index is 799. The fraction of sp³-hybridized carbons (Fsp3) is 0.200. The third-order valence-corrected chi connectivity index (χ3v) is 4.57. The lowest BCUT2D eigenvalue weighted by Crippen LogP contribution is -2.52. The van der Waals surface area contributed by atoms with Gasteiger partial charge in [-0.05, 0) is 54.0 Å². The average molecular weight is 394 g/mol. The number of benzene rings is 1. The maximum absolute atomic E-state index is 12.1. The molecule has 8 nitrogen and oxygen atoms in total. The van der Waals surface area contributed by atoms with Crippen LogP contribution in [0.1, 0.15) is 21.7 Å². The van der Waals surface area contributed by atoms with E-state index in [4.69, 9.17) is 11.5 Å². The molecule has 3 amide bonds. The number of aromatic nitrogens is 2. The molecule has 0 atom stereocenters. The number of carbonyl (C=O) groups excluding carboxylic acids is 3. The normalized spacial score (nSPS) is 10.7. The first-order valence-electron chi connectivity index (χ1n) is 6.94. The van der Waals surface area contributed by atoms with Gasteiger partial charge in [0.15, 0.2) is 6.04 Å². The summed E-state index contributed by atoms with van der Waals surface area (Å²) in [7, 11) is 0. The van der Waals surface area contributed by atoms with Crippen LogP contribution in [0.25, 0.3) is 5.69 Å². The van der Waals surface area contributed by atoms with Crippen molar-refractivity contribution in [3.05, 3.63) is 45.7 Å². The molecule has 2 aromatic rings. The van der Waals surface area contributed by atoms with Gasteiger partial charge in [-0.1, -0.05) is 0 Å². The van der Waals surface area contributed by atoms with E-state index in [0.29, 0.717) is 0 Å². The Balaban J connectivity index is 2.23. The molecule has 0 fully saturated rings. The summed E-state index contributed by atoms with van der Waals surface area (Å²) in [6.45, 7) is 3.79. The molecule has 0 radical (unpaired) electrons. The first-order valence-corrected chi connectivity index (χ1v) is 7.73. The van der Waals surface area contributed by atoms with Crippen LogP contribution >= 0.6 is 15.9 Å². The number of halogens is 1. The van der Waals surface area contributed by atoms with Gasteiger partial charge in [-0.25, -0.2) is 4.68 Å². The molecule has 0 aliphatic carbocycles. The van der Waals surface area contributed by atoms with E-state index in [-0.39, 0.29) is 5.56 Å². The molecule has 0 aliphatic heterocycles. The van der Waals surface area contributed by atoms with E-state index >= 15 is 0 Å². The topological polar surface area (TPSA) is 133 Å². The Hall–Kier alpha value is -2.68. The zero-order valence-electron chi connectivity index (χ0n) is 13.0. The highest BCUT2D eigenvalue weighted by atomic mass is 79.9. The molecular weight excluding hydrogens is 378 g/mol. The van der Waals surface area contributed by atoms with Gasteiger partial charge in [-0.2, -0.15) is 5.10 Å². The molecule has 0 saturated heterocycles. The maximum Gasteiger partial charge on any atom is 0.252 e. The van der Waals surface area contributed by atoms with E-state index in [1.807, 2.05) is 13.8 Å². The van der Waals surface area contributed by atoms with E-state index in [1.54, 1.807) is 28.9 Å². The number of nitrogens with zero attached hydrogens (tertiary/aromatic N) is 2. The van der Waals surface area contributed by atoms with Crippen molar-refractivity contribution in [3.63, 3.8) is 0 Å². The Morgan fingerprint density at radius 3 is 2.08 bits per heavy atom. The highest BCUT2D eigenvalue weighted by Gasteiger charge is 2.24. The second kappa shape index (κ2) is 6.83. The summed E-state index contributed by atoms with van der Waals surface area (Å²) in [6.07, 6.45) is 0. The van der Waals surface area contributed by atoms with Gasteiger partial charge in [0.05, 0.1) is 21.5 Å². The lowest BCUT2D eigenvalue weighted by atomic mass is 10.1. The Morgan fingerprint density at radius 2 is 1.67 bits per heavy atom. The fourth-order valence-electron chi connectivity index (χ4n) is 2.13. The SMILES string of the molecule is Cc1nn(-c2ccc(C(=O)NC(C(N)=O)C(N)=O)cc2)c(C)c1Br. The Kier molecular flexibility index (Phi) is 5.03. The van der Waals surface area contributed by atoms with Crippen LogP contribution in [0, 0.1) is 13.8 Å². The first kappa shape index (κ1) is 17.7. The summed E-state index contributed by atoms with van der Waals surface area (Å²) in [4.78, 5) is 34.3. The van der Waals surface area contributed by atoms with Crippen LogP contribution in [0.2, 0.25) is 0 Å². The van der Waals surface area contributed by atoms with Crippen molar-refractivity contribution in [2.24, 2.45) is 11.5 Å². The molecule has 1 aromatic heterocycles. The molecule has 0 spiro atoms. The summed E-state index contributed by atoms with van der Waals surface area (Å²) in [5.74, 6) is -2.65. The van der Waals surface area contributed by atoms with Crippen molar-refractivity contribution in [2.45, 2.75) is 19.9 Å². The minimum Gasteiger partial charge on any atom is -0.367 e. The maximum atomic E-state index is 12.1. The molecule has 1 aromatic carbocycles. The van der Waals surface area contributed by atoms with Crippen LogP contribution in [-0.4, -0.2) is 33.5 Å². The van der Waals surface area contributed by atoms with Gasteiger partial charge in [-0.15, -0.1) is 0 Å². The number of primary amides is 2. The summed E-state index contributed by atoms with van der Waals surface area (Å²) in [5.41, 5.74) is 12.8. The van der Waals surface area contributed by atoms with Crippen molar-refractivity contribution in [1.29, 1.82) is 0 Å². The Labute approximate surface area is 146 Å². The molecule has 0 unspecified atom stereocenters. The van der Waals surface area contributed by atoms with E-state index in [0.717, 1.165) is 21.5 Å². The van der Waals surface area contributed by atoms with Gasteiger partial charge in [0, 0.05) is 5.56 Å². The number of nitrogens with two attached hydrogens (primary N) is 2. The largest absolute Gasteiger partial charge is 0.367 e. The minimum absolute atomic E-state index is 0.256. The predicted octanol–water partition coefficient (Wildman–Crippen LogP) is 0.321. The number of amides is 3. The highest BCUT2D eigenvalue weighted by Crippen LogP contribution is 2.23. The standard InChI is InChI=1S/C15H16BrN5O3/c1-7-11(16)8(2)21(20-7)10-5-3-9(4-6-10)15(24)19-12(13(17)22)14(18)23/h3-6,12H,1-2H3,(H2,17,22)(H2,18,23)(H,19,24). The number of rotatable bonds is 5. The third kappa shape index (κ3) is 3.46. The second-order valence-electron chi connectivity index (χ2n) is 5.15. The summed E-state index contributed by atoms with van der Waals surface area (Å²) >= 11 is 3.45. The number of carbonyl (C=O) groups is 3. The van der Waals surface area contributed by atoms with Crippen LogP contribution in [0.3, 0.4) is 0 Å². The summed E-state index contributed by atoms with van der Waals surface area (Å²) in [5, 5.41) is 6.59. The van der Waals surface area contributed by atoms with Crippen LogP contribution in [0.15, 0.2) is 28.7 Å². The molecule has 1 heterocycles. The van der Waals surface area contributed by atoms with Gasteiger partial charge < -0.3 is 16.8 Å². The summed E-state index contributed by atoms with van der Waals surface area (Å²) < 4.78 is 2.64. The van der Waals surface area contributed by atoms with Crippen molar-refractivity contribution < 1.29 is 14.4 Å². The molecule has 24 heavy (non-hydrogen) atoms. The fourth-order valence-corrected chi connectivity index (χ4v) is 2.37. The molecule has 0 aliphatic rings. The minimum atomic E-state index is -1.55. The average Bonchev–Trinajstić information content (AvgIpc) is 2.79. The predicted molar refractivity (Wildman–Crippen MR) is 90.4 cm³/mol. The molecule has 0 bridgehead atoms. The van der Waals surface area contributed by atoms with E-state index < -0.39 is 23.8 Å². The molecular formula is C15H16BrN5O3. The Morgan fingerprint density at radius 1 is 1.12 bits per heavy atom. The summed E-state index contributed by atoms with van der Waals surface area (Å²) in [6, 6.07) is 4.95. The van der Waals surface area contributed by atoms with Crippen molar-refractivity contribution in [3.8, 4) is 5.69 Å². The van der Waals surface area contributed by atoms with E-state index in [9.17, 15) is 14.4 Å². The lowest BCUT2D eigenvalue weighted by Gasteiger charge is -2.12. The molecule has 2 rings (SSSR count). The van der Waals surface area contributed by atoms with Gasteiger partial charge in [0.2, 0.25) is 11.8 Å². The van der Waals surface area contributed by atoms with Gasteiger partial charge in [0.1, 0.15) is 0 Å². The van der Waals surface area contributed by atoms with Crippen molar-refractivity contribution in [1.82, 2.24) is 15.1 Å². The monoisotopic (exact) mass is 393 g/mol. The van der Waals surface area contributed by atoms with Crippen LogP contribution < -0.4 is 16.8 Å². The van der Waals surface area contributed by atoms with Crippen molar-refractivity contribution in [2.75, 3.05) is 0 Å². The van der Waals surface area contributed by atoms with Gasteiger partial charge >= 0.3 is 0 Å². The van der Waals surface area contributed by atoms with E-state index in [2.05, 4.69) is 26.3 Å². The van der Waals surface area contributed by atoms with Crippen LogP contribution in [0.4, 0.5) is 0 Å². The highest BCUT2D eigenvalue weighted by molar-refractivity contribution is 9.10. The number of hydrogen-bond acceptors (Lipinski definition) is 4. The molecule has 0 saturated carbocycles. The first-order chi connectivity index (χ1) is 11.2. The van der Waals surface area contributed by atoms with Gasteiger partial charge in [-0.3, -0.25) is 14.4 Å². The third-order valence-electron chi connectivity index (χ3n) is 3.42. The zero-order valence-corrected chi connectivity index (χ0v) is 14.6.